The summed E-state index contributed by atoms with van der Waals surface area (Å²) < 4.78 is 0.449. The van der Waals surface area contributed by atoms with Crippen LogP contribution in [0.2, 0.25) is 0 Å². The van der Waals surface area contributed by atoms with Crippen molar-refractivity contribution in [3.8, 4) is 6.07 Å². The molecule has 0 aliphatic rings. The number of thioether (sulfide) groups is 2. The van der Waals surface area contributed by atoms with Crippen molar-refractivity contribution >= 4 is 39.3 Å². The van der Waals surface area contributed by atoms with Crippen molar-refractivity contribution in [2.45, 2.75) is 72.0 Å². The van der Waals surface area contributed by atoms with Crippen molar-refractivity contribution in [2.24, 2.45) is 10.8 Å². The predicted octanol–water partition coefficient (Wildman–Crippen LogP) is 6.84. The Morgan fingerprint density at radius 2 is 1.73 bits per heavy atom. The van der Waals surface area contributed by atoms with E-state index in [1.54, 1.807) is 11.8 Å². The van der Waals surface area contributed by atoms with E-state index in [9.17, 15) is 5.26 Å². The Hall–Kier alpha value is 0.0200. The van der Waals surface area contributed by atoms with Crippen LogP contribution in [-0.2, 0) is 0 Å². The van der Waals surface area contributed by atoms with Crippen LogP contribution in [0.25, 0.3) is 0 Å². The third kappa shape index (κ3) is 10.7. The first-order valence-corrected chi connectivity index (χ1v) is 10.0. The minimum atomic E-state index is -0.437. The molecule has 0 aromatic carbocycles. The quantitative estimate of drug-likeness (QED) is 0.350. The van der Waals surface area contributed by atoms with Gasteiger partial charge in [-0.1, -0.05) is 64.7 Å². The van der Waals surface area contributed by atoms with Gasteiger partial charge in [-0.2, -0.15) is 5.26 Å². The molecule has 0 aromatic heterocycles. The van der Waals surface area contributed by atoms with Gasteiger partial charge in [0.15, 0.2) is 0 Å². The summed E-state index contributed by atoms with van der Waals surface area (Å²) in [5, 5.41) is 9.39. The Morgan fingerprint density at radius 3 is 2.18 bits per heavy atom. The molecule has 0 amide bonds. The highest BCUT2D eigenvalue weighted by Crippen LogP contribution is 2.38. The van der Waals surface area contributed by atoms with Gasteiger partial charge >= 0.3 is 0 Å². The van der Waals surface area contributed by atoms with Gasteiger partial charge < -0.3 is 0 Å². The van der Waals surface area contributed by atoms with Crippen LogP contribution >= 0.6 is 35.7 Å². The van der Waals surface area contributed by atoms with E-state index in [-0.39, 0.29) is 5.41 Å². The van der Waals surface area contributed by atoms with E-state index < -0.39 is 4.75 Å². The number of rotatable bonds is 8. The summed E-state index contributed by atoms with van der Waals surface area (Å²) in [5.41, 5.74) is 0.647. The van der Waals surface area contributed by atoms with Gasteiger partial charge in [-0.15, -0.1) is 18.3 Å². The molecule has 0 heterocycles. The lowest BCUT2D eigenvalue weighted by Crippen LogP contribution is -2.21. The van der Waals surface area contributed by atoms with E-state index in [1.807, 2.05) is 13.0 Å². The normalized spacial score (nSPS) is 15.0. The van der Waals surface area contributed by atoms with E-state index in [2.05, 4.69) is 47.3 Å². The average molecular weight is 358 g/mol. The molecule has 0 aromatic rings. The molecule has 0 rings (SSSR count). The van der Waals surface area contributed by atoms with Gasteiger partial charge in [0.25, 0.3) is 0 Å². The molecule has 0 bridgehead atoms. The number of allylic oxidation sites excluding steroid dienone is 1. The van der Waals surface area contributed by atoms with Crippen molar-refractivity contribution in [3.63, 3.8) is 0 Å². The van der Waals surface area contributed by atoms with Gasteiger partial charge in [0.05, 0.1) is 6.07 Å². The van der Waals surface area contributed by atoms with Crippen LogP contribution < -0.4 is 0 Å². The van der Waals surface area contributed by atoms with Crippen LogP contribution in [-0.4, -0.2) is 14.0 Å². The monoisotopic (exact) mass is 357 g/mol. The topological polar surface area (TPSA) is 23.8 Å². The zero-order valence-electron chi connectivity index (χ0n) is 15.0. The fourth-order valence-corrected chi connectivity index (χ4v) is 4.74. The molecule has 1 nitrogen and oxygen atoms in total. The third-order valence-corrected chi connectivity index (χ3v) is 6.78. The van der Waals surface area contributed by atoms with E-state index >= 15 is 0 Å². The molecule has 22 heavy (non-hydrogen) atoms. The first kappa shape index (κ1) is 22.0. The highest BCUT2D eigenvalue weighted by molar-refractivity contribution is 8.47. The van der Waals surface area contributed by atoms with Gasteiger partial charge in [0, 0.05) is 5.75 Å². The summed E-state index contributed by atoms with van der Waals surface area (Å²) >= 11 is 8.76. The van der Waals surface area contributed by atoms with Crippen molar-refractivity contribution in [2.75, 3.05) is 5.75 Å². The van der Waals surface area contributed by atoms with Crippen molar-refractivity contribution in [3.05, 3.63) is 12.7 Å². The zero-order chi connectivity index (χ0) is 17.4. The summed E-state index contributed by atoms with van der Waals surface area (Å²) in [6, 6.07) is 2.40. The number of nitriles is 1. The van der Waals surface area contributed by atoms with Gasteiger partial charge in [0.2, 0.25) is 0 Å². The second-order valence-electron chi connectivity index (χ2n) is 8.04. The SMILES string of the molecule is C=CCCC(C)(C#N)SC(=S)SCC(C)(C)CCC(C)(C)C. The second kappa shape index (κ2) is 9.35. The maximum Gasteiger partial charge on any atom is 0.106 e. The van der Waals surface area contributed by atoms with E-state index in [0.29, 0.717) is 5.41 Å². The molecular formula is C18H31NS3. The Kier molecular flexibility index (Phi) is 9.36. The molecule has 0 N–H and O–H groups in total. The standard InChI is InChI=1S/C18H31NS3/c1-8-9-10-18(7,13-19)22-15(20)21-14-17(5,6)12-11-16(2,3)4/h8H,1,9-12,14H2,2-7H3. The summed E-state index contributed by atoms with van der Waals surface area (Å²) in [7, 11) is 0. The summed E-state index contributed by atoms with van der Waals surface area (Å²) in [6.45, 7) is 17.2. The molecule has 1 atom stereocenters. The molecule has 0 spiro atoms. The third-order valence-electron chi connectivity index (χ3n) is 3.50. The second-order valence-corrected chi connectivity index (χ2v) is 11.7. The van der Waals surface area contributed by atoms with Crippen LogP contribution in [0.15, 0.2) is 12.7 Å². The molecule has 0 radical (unpaired) electrons. The lowest BCUT2D eigenvalue weighted by molar-refractivity contribution is 0.279. The largest absolute Gasteiger partial charge is 0.197 e. The van der Waals surface area contributed by atoms with E-state index in [0.717, 1.165) is 22.1 Å². The molecule has 0 saturated heterocycles. The maximum absolute atomic E-state index is 9.39. The predicted molar refractivity (Wildman–Crippen MR) is 109 cm³/mol. The lowest BCUT2D eigenvalue weighted by atomic mass is 9.81. The van der Waals surface area contributed by atoms with Gasteiger partial charge in [-0.25, -0.2) is 0 Å². The van der Waals surface area contributed by atoms with E-state index in [4.69, 9.17) is 12.2 Å². The number of thiocarbonyl (C=S) groups is 1. The molecule has 0 saturated carbocycles. The highest BCUT2D eigenvalue weighted by atomic mass is 32.2. The highest BCUT2D eigenvalue weighted by Gasteiger charge is 2.28. The Labute approximate surface area is 151 Å². The first-order valence-electron chi connectivity index (χ1n) is 7.81. The Balaban J connectivity index is 4.37. The maximum atomic E-state index is 9.39. The summed E-state index contributed by atoms with van der Waals surface area (Å²) in [6.07, 6.45) is 5.92. The van der Waals surface area contributed by atoms with Crippen LogP contribution in [0.5, 0.6) is 0 Å². The van der Waals surface area contributed by atoms with Crippen LogP contribution in [0.1, 0.15) is 67.2 Å². The van der Waals surface area contributed by atoms with Gasteiger partial charge in [-0.05, 0) is 43.4 Å². The lowest BCUT2D eigenvalue weighted by Gasteiger charge is -2.29. The molecule has 0 fully saturated rings. The van der Waals surface area contributed by atoms with Crippen LogP contribution in [0, 0.1) is 22.2 Å². The number of hydrogen-bond acceptors (Lipinski definition) is 4. The van der Waals surface area contributed by atoms with Crippen molar-refractivity contribution in [1.82, 2.24) is 0 Å². The fourth-order valence-electron chi connectivity index (χ4n) is 1.76. The van der Waals surface area contributed by atoms with Gasteiger partial charge in [-0.3, -0.25) is 0 Å². The molecule has 0 aliphatic heterocycles. The Morgan fingerprint density at radius 1 is 1.14 bits per heavy atom. The van der Waals surface area contributed by atoms with Crippen molar-refractivity contribution < 1.29 is 0 Å². The number of nitrogens with zero attached hydrogens (tertiary/aromatic N) is 1. The molecular weight excluding hydrogens is 326 g/mol. The zero-order valence-corrected chi connectivity index (χ0v) is 17.4. The minimum absolute atomic E-state index is 0.271. The van der Waals surface area contributed by atoms with Crippen LogP contribution in [0.3, 0.4) is 0 Å². The van der Waals surface area contributed by atoms with E-state index in [1.165, 1.54) is 24.6 Å². The Bertz CT molecular complexity index is 415. The fraction of sp³-hybridized carbons (Fsp3) is 0.778. The molecule has 126 valence electrons. The molecule has 0 aliphatic carbocycles. The average Bonchev–Trinajstić information content (AvgIpc) is 2.40. The van der Waals surface area contributed by atoms with Crippen LogP contribution in [0.4, 0.5) is 0 Å². The van der Waals surface area contributed by atoms with Gasteiger partial charge in [0.1, 0.15) is 8.28 Å². The first-order chi connectivity index (χ1) is 9.93. The molecule has 1 unspecified atom stereocenters. The number of hydrogen-bond donors (Lipinski definition) is 0. The minimum Gasteiger partial charge on any atom is -0.197 e. The van der Waals surface area contributed by atoms with Crippen molar-refractivity contribution in [1.29, 1.82) is 5.26 Å². The smallest absolute Gasteiger partial charge is 0.106 e. The summed E-state index contributed by atoms with van der Waals surface area (Å²) in [4.78, 5) is 0. The molecule has 4 heteroatoms. The summed E-state index contributed by atoms with van der Waals surface area (Å²) in [5.74, 6) is 1.01.